The molecule has 6 aromatic rings. The van der Waals surface area contributed by atoms with Crippen molar-refractivity contribution in [3.8, 4) is 11.1 Å². The summed E-state index contributed by atoms with van der Waals surface area (Å²) in [5.74, 6) is 1.42. The molecule has 0 saturated carbocycles. The lowest BCUT2D eigenvalue weighted by Crippen LogP contribution is -2.21. The summed E-state index contributed by atoms with van der Waals surface area (Å²) < 4.78 is 29.6. The van der Waals surface area contributed by atoms with Crippen molar-refractivity contribution in [2.24, 2.45) is 0 Å². The molecule has 0 radical (unpaired) electrons. The first-order chi connectivity index (χ1) is 20.1. The van der Waals surface area contributed by atoms with Crippen LogP contribution in [0.2, 0.25) is 0 Å². The number of pyridine rings is 1. The zero-order chi connectivity index (χ0) is 29.5. The van der Waals surface area contributed by atoms with Crippen LogP contribution in [0.4, 0.5) is 0 Å². The van der Waals surface area contributed by atoms with Gasteiger partial charge in [0, 0.05) is 29.0 Å². The average molecular weight is 578 g/mol. The molecule has 210 valence electrons. The van der Waals surface area contributed by atoms with Crippen LogP contribution >= 0.6 is 0 Å². The molecule has 3 aromatic carbocycles. The van der Waals surface area contributed by atoms with Gasteiger partial charge in [-0.2, -0.15) is 10.2 Å². The first-order valence-electron chi connectivity index (χ1n) is 13.2. The first kappa shape index (κ1) is 27.2. The molecule has 0 bridgehead atoms. The largest absolute Gasteiger partial charge is 0.334 e. The van der Waals surface area contributed by atoms with Crippen LogP contribution in [0.15, 0.2) is 88.4 Å². The minimum absolute atomic E-state index is 0.234. The number of fused-ring (bicyclic) bond motifs is 1. The van der Waals surface area contributed by atoms with Gasteiger partial charge >= 0.3 is 0 Å². The second-order valence-corrected chi connectivity index (χ2v) is 12.6. The molecule has 0 aliphatic rings. The van der Waals surface area contributed by atoms with Crippen molar-refractivity contribution in [1.29, 1.82) is 0 Å². The predicted octanol–water partition coefficient (Wildman–Crippen LogP) is 5.42. The quantitative estimate of drug-likeness (QED) is 0.246. The number of nitrogens with zero attached hydrogens (tertiary/aromatic N) is 6. The van der Waals surface area contributed by atoms with Crippen molar-refractivity contribution in [2.45, 2.75) is 31.1 Å². The fourth-order valence-corrected chi connectivity index (χ4v) is 5.48. The third-order valence-electron chi connectivity index (χ3n) is 7.19. The van der Waals surface area contributed by atoms with E-state index < -0.39 is 15.3 Å². The number of aromatic amines is 1. The Labute approximate surface area is 242 Å². The number of rotatable bonds is 7. The standard InChI is InChI=1S/C31H27N7O3S/c1-19-33-29(41-36-19)27(21-10-12-25(13-11-21)42(4,39)40)16-20-7-5-8-22(15-20)26-18-24(17-23-9-6-14-32-28(23)26)31(2,3)30-34-37-38-35-30/h5-18H,1-4H3,(H,34,35,37,38). The van der Waals surface area contributed by atoms with Gasteiger partial charge in [0.1, 0.15) is 0 Å². The monoisotopic (exact) mass is 577 g/mol. The number of benzene rings is 3. The molecule has 0 spiro atoms. The molecule has 1 N–H and O–H groups in total. The highest BCUT2D eigenvalue weighted by Crippen LogP contribution is 2.37. The maximum absolute atomic E-state index is 12.0. The van der Waals surface area contributed by atoms with Crippen LogP contribution in [0, 0.1) is 6.92 Å². The normalized spacial score (nSPS) is 12.6. The van der Waals surface area contributed by atoms with E-state index in [1.807, 2.05) is 36.4 Å². The van der Waals surface area contributed by atoms with Crippen LogP contribution in [0.25, 0.3) is 33.7 Å². The number of hydrogen-bond donors (Lipinski definition) is 1. The smallest absolute Gasteiger partial charge is 0.258 e. The lowest BCUT2D eigenvalue weighted by Gasteiger charge is -2.23. The van der Waals surface area contributed by atoms with E-state index in [1.54, 1.807) is 37.4 Å². The molecule has 0 aliphatic carbocycles. The van der Waals surface area contributed by atoms with Crippen LogP contribution in [-0.4, -0.2) is 50.4 Å². The number of H-pyrrole nitrogens is 1. The van der Waals surface area contributed by atoms with Gasteiger partial charge < -0.3 is 4.52 Å². The minimum Gasteiger partial charge on any atom is -0.334 e. The Kier molecular flexibility index (Phi) is 6.74. The third kappa shape index (κ3) is 5.21. The molecule has 3 heterocycles. The van der Waals surface area contributed by atoms with E-state index in [0.717, 1.165) is 38.7 Å². The molecular formula is C31H27N7O3S. The molecule has 3 aromatic heterocycles. The maximum Gasteiger partial charge on any atom is 0.258 e. The lowest BCUT2D eigenvalue weighted by atomic mass is 9.81. The zero-order valence-electron chi connectivity index (χ0n) is 23.4. The second kappa shape index (κ2) is 10.4. The van der Waals surface area contributed by atoms with E-state index in [1.165, 1.54) is 6.26 Å². The third-order valence-corrected chi connectivity index (χ3v) is 8.32. The van der Waals surface area contributed by atoms with Crippen LogP contribution in [0.1, 0.15) is 48.1 Å². The Morgan fingerprint density at radius 1 is 1.00 bits per heavy atom. The predicted molar refractivity (Wildman–Crippen MR) is 159 cm³/mol. The van der Waals surface area contributed by atoms with E-state index in [-0.39, 0.29) is 4.90 Å². The molecule has 0 saturated heterocycles. The van der Waals surface area contributed by atoms with Crippen LogP contribution < -0.4 is 0 Å². The number of nitrogens with one attached hydrogen (secondary N) is 1. The fraction of sp³-hybridized carbons (Fsp3) is 0.161. The number of aryl methyl sites for hydroxylation is 1. The molecule has 10 nitrogen and oxygen atoms in total. The minimum atomic E-state index is -3.34. The van der Waals surface area contributed by atoms with Gasteiger partial charge in [0.05, 0.1) is 15.8 Å². The molecule has 0 fully saturated rings. The Morgan fingerprint density at radius 3 is 2.50 bits per heavy atom. The van der Waals surface area contributed by atoms with Crippen molar-refractivity contribution in [3.05, 3.63) is 113 Å². The highest BCUT2D eigenvalue weighted by atomic mass is 32.2. The van der Waals surface area contributed by atoms with E-state index >= 15 is 0 Å². The highest BCUT2D eigenvalue weighted by molar-refractivity contribution is 7.90. The summed E-state index contributed by atoms with van der Waals surface area (Å²) in [6, 6.07) is 22.9. The first-order valence-corrected chi connectivity index (χ1v) is 15.1. The molecule has 6 rings (SSSR count). The van der Waals surface area contributed by atoms with Crippen LogP contribution in [0.3, 0.4) is 0 Å². The number of hydrogen-bond acceptors (Lipinski definition) is 9. The zero-order valence-corrected chi connectivity index (χ0v) is 24.2. The maximum atomic E-state index is 12.0. The van der Waals surface area contributed by atoms with Gasteiger partial charge in [0.25, 0.3) is 5.89 Å². The Morgan fingerprint density at radius 2 is 1.81 bits per heavy atom. The Balaban J connectivity index is 1.49. The number of tetrazole rings is 1. The molecule has 11 heteroatoms. The van der Waals surface area contributed by atoms with E-state index in [0.29, 0.717) is 23.1 Å². The van der Waals surface area contributed by atoms with Crippen LogP contribution in [0.5, 0.6) is 0 Å². The van der Waals surface area contributed by atoms with Gasteiger partial charge in [-0.1, -0.05) is 46.8 Å². The summed E-state index contributed by atoms with van der Waals surface area (Å²) in [6.45, 7) is 5.87. The second-order valence-electron chi connectivity index (χ2n) is 10.6. The molecular weight excluding hydrogens is 550 g/mol. The molecule has 0 amide bonds. The molecule has 0 unspecified atom stereocenters. The van der Waals surface area contributed by atoms with Gasteiger partial charge in [0.15, 0.2) is 21.5 Å². The summed E-state index contributed by atoms with van der Waals surface area (Å²) in [5, 5.41) is 19.8. The lowest BCUT2D eigenvalue weighted by molar-refractivity contribution is 0.403. The summed E-state index contributed by atoms with van der Waals surface area (Å²) in [7, 11) is -3.34. The van der Waals surface area contributed by atoms with Gasteiger partial charge in [-0.05, 0) is 85.5 Å². The fourth-order valence-electron chi connectivity index (χ4n) is 4.85. The molecule has 42 heavy (non-hydrogen) atoms. The Bertz CT molecular complexity index is 2050. The summed E-state index contributed by atoms with van der Waals surface area (Å²) in [5.41, 5.74) is 5.61. The van der Waals surface area contributed by atoms with Gasteiger partial charge in [-0.3, -0.25) is 4.98 Å². The highest BCUT2D eigenvalue weighted by Gasteiger charge is 2.29. The molecule has 0 atom stereocenters. The summed E-state index contributed by atoms with van der Waals surface area (Å²) in [4.78, 5) is 9.39. The van der Waals surface area contributed by atoms with Crippen molar-refractivity contribution >= 4 is 32.4 Å². The Hall–Kier alpha value is -5.03. The topological polar surface area (TPSA) is 140 Å². The van der Waals surface area contributed by atoms with Gasteiger partial charge in [-0.15, -0.1) is 10.2 Å². The average Bonchev–Trinajstić information content (AvgIpc) is 3.68. The van der Waals surface area contributed by atoms with Crippen molar-refractivity contribution in [2.75, 3.05) is 6.26 Å². The van der Waals surface area contributed by atoms with E-state index in [9.17, 15) is 8.42 Å². The number of sulfone groups is 1. The molecule has 0 aliphatic heterocycles. The summed E-state index contributed by atoms with van der Waals surface area (Å²) >= 11 is 0. The van der Waals surface area contributed by atoms with Gasteiger partial charge in [-0.25, -0.2) is 8.42 Å². The van der Waals surface area contributed by atoms with Crippen molar-refractivity contribution in [1.82, 2.24) is 35.7 Å². The van der Waals surface area contributed by atoms with Gasteiger partial charge in [0.2, 0.25) is 0 Å². The number of aromatic nitrogens is 7. The summed E-state index contributed by atoms with van der Waals surface area (Å²) in [6.07, 6.45) is 4.92. The van der Waals surface area contributed by atoms with Crippen LogP contribution in [-0.2, 0) is 15.3 Å². The van der Waals surface area contributed by atoms with E-state index in [4.69, 9.17) is 9.51 Å². The van der Waals surface area contributed by atoms with E-state index in [2.05, 4.69) is 62.8 Å². The SMILES string of the molecule is Cc1noc(C(=Cc2cccc(-c3cc(C(C)(C)c4nn[nH]n4)cc4cccnc34)c2)c2ccc(S(C)(=O)=O)cc2)n1. The van der Waals surface area contributed by atoms with Crippen molar-refractivity contribution < 1.29 is 12.9 Å². The van der Waals surface area contributed by atoms with Crippen molar-refractivity contribution in [3.63, 3.8) is 0 Å².